The van der Waals surface area contributed by atoms with Gasteiger partial charge in [-0.1, -0.05) is 0 Å². The van der Waals surface area contributed by atoms with Gasteiger partial charge >= 0.3 is 63.3 Å². The molecule has 0 aromatic heterocycles. The predicted octanol–water partition coefficient (Wildman–Crippen LogP) is 2.23. The molecule has 5 heteroatoms. The van der Waals surface area contributed by atoms with E-state index in [4.69, 9.17) is 30.0 Å². The molecule has 0 aromatic carbocycles. The molecular weight excluding hydrogens is 231 g/mol. The second-order valence-corrected chi connectivity index (χ2v) is 18.0. The van der Waals surface area contributed by atoms with E-state index in [2.05, 4.69) is 0 Å². The number of hydrogen-bond acceptors (Lipinski definition) is 1. The van der Waals surface area contributed by atoms with Gasteiger partial charge in [0.15, 0.2) is 0 Å². The fraction of sp³-hybridized carbons (Fsp3) is 0.667. The molecule has 0 amide bonds. The van der Waals surface area contributed by atoms with Crippen molar-refractivity contribution in [1.82, 2.24) is 0 Å². The molecule has 0 spiro atoms. The molecule has 0 aliphatic rings. The van der Waals surface area contributed by atoms with E-state index < -0.39 is 10.5 Å². The van der Waals surface area contributed by atoms with E-state index in [1.165, 1.54) is 0 Å². The molecule has 0 fully saturated rings. The van der Waals surface area contributed by atoms with E-state index in [-0.39, 0.29) is 0 Å². The Balaban J connectivity index is 3.24. The predicted molar refractivity (Wildman–Crippen MR) is 38.8 cm³/mol. The van der Waals surface area contributed by atoms with Gasteiger partial charge in [-0.15, -0.1) is 0 Å². The zero-order chi connectivity index (χ0) is 6.62. The van der Waals surface area contributed by atoms with Crippen molar-refractivity contribution < 1.29 is 4.79 Å². The van der Waals surface area contributed by atoms with E-state index in [1.54, 1.807) is 0 Å². The van der Waals surface area contributed by atoms with Gasteiger partial charge in [0.05, 0.1) is 0 Å². The van der Waals surface area contributed by atoms with Crippen LogP contribution in [0, 0.1) is 0 Å². The maximum absolute atomic E-state index is 9.71. The first-order valence-corrected chi connectivity index (χ1v) is 11.8. The summed E-state index contributed by atoms with van der Waals surface area (Å²) in [5, 5.41) is 0.480. The normalized spacial score (nSPS) is 11.4. The van der Waals surface area contributed by atoms with Crippen molar-refractivity contribution in [2.24, 2.45) is 0 Å². The molecule has 0 unspecified atom stereocenters. The summed E-state index contributed by atoms with van der Waals surface area (Å²) in [6.45, 7) is 0. The second kappa shape index (κ2) is 3.99. The van der Waals surface area contributed by atoms with E-state index in [9.17, 15) is 4.79 Å². The summed E-state index contributed by atoms with van der Waals surface area (Å²) in [6.07, 6.45) is 1.16. The molecule has 0 aromatic rings. The van der Waals surface area contributed by atoms with Crippen LogP contribution >= 0.6 is 30.0 Å². The fourth-order valence-corrected chi connectivity index (χ4v) is 2.86. The summed E-state index contributed by atoms with van der Waals surface area (Å²) < 4.78 is 0. The Bertz CT molecular complexity index is 79.1. The summed E-state index contributed by atoms with van der Waals surface area (Å²) >= 11 is 0. The van der Waals surface area contributed by atoms with Gasteiger partial charge in [-0.3, -0.25) is 0 Å². The Labute approximate surface area is 63.2 Å². The summed E-state index contributed by atoms with van der Waals surface area (Å²) in [5.74, 6) is 0. The van der Waals surface area contributed by atoms with Crippen molar-refractivity contribution in [1.29, 1.82) is 0 Å². The van der Waals surface area contributed by atoms with E-state index >= 15 is 0 Å². The number of aldehydes is 1. The zero-order valence-electron chi connectivity index (χ0n) is 4.03. The quantitative estimate of drug-likeness (QED) is 0.542. The Morgan fingerprint density at radius 2 is 1.88 bits per heavy atom. The van der Waals surface area contributed by atoms with Crippen LogP contribution < -0.4 is 0 Å². The van der Waals surface area contributed by atoms with Crippen molar-refractivity contribution >= 4 is 46.8 Å². The molecule has 0 saturated heterocycles. The number of halogens is 3. The molecule has 0 rings (SSSR count). The molecule has 0 aliphatic heterocycles. The Kier molecular flexibility index (Phi) is 4.53. The minimum atomic E-state index is -2.92. The number of carbonyl (C=O) groups is 1. The van der Waals surface area contributed by atoms with Crippen LogP contribution in [0.25, 0.3) is 0 Å². The van der Waals surface area contributed by atoms with Crippen molar-refractivity contribution in [3.8, 4) is 0 Å². The molecule has 48 valence electrons. The third-order valence-electron chi connectivity index (χ3n) is 0.546. The van der Waals surface area contributed by atoms with Crippen LogP contribution in [0.1, 0.15) is 6.42 Å². The van der Waals surface area contributed by atoms with E-state index in [0.29, 0.717) is 11.7 Å². The molecule has 0 radical (unpaired) electrons. The summed E-state index contributed by atoms with van der Waals surface area (Å²) in [6, 6.07) is 0. The van der Waals surface area contributed by atoms with Gasteiger partial charge in [-0.25, -0.2) is 0 Å². The summed E-state index contributed by atoms with van der Waals surface area (Å²) in [4.78, 5) is 9.71. The number of hydrogen-bond donors (Lipinski definition) is 0. The second-order valence-electron chi connectivity index (χ2n) is 1.32. The van der Waals surface area contributed by atoms with Crippen molar-refractivity contribution in [3.63, 3.8) is 0 Å². The van der Waals surface area contributed by atoms with Crippen LogP contribution in [-0.4, -0.2) is 16.8 Å². The van der Waals surface area contributed by atoms with Gasteiger partial charge in [-0.05, 0) is 0 Å². The van der Waals surface area contributed by atoms with Gasteiger partial charge in [0, 0.05) is 0 Å². The SMILES string of the molecule is O=CC[CH2][Ge]([Cl])([Cl])[Cl]. The minimum absolute atomic E-state index is 0.385. The van der Waals surface area contributed by atoms with Gasteiger partial charge in [0.2, 0.25) is 0 Å². The summed E-state index contributed by atoms with van der Waals surface area (Å²) in [7, 11) is 13.5. The third kappa shape index (κ3) is 7.08. The van der Waals surface area contributed by atoms with Crippen LogP contribution in [0.2, 0.25) is 5.25 Å². The molecule has 0 heterocycles. The van der Waals surface area contributed by atoms with Crippen LogP contribution in [0.5, 0.6) is 0 Å². The summed E-state index contributed by atoms with van der Waals surface area (Å²) in [5.41, 5.74) is 0. The molecular formula is C3H5Cl3GeO. The Morgan fingerprint density at radius 3 is 2.00 bits per heavy atom. The first kappa shape index (κ1) is 9.08. The molecule has 0 aliphatic carbocycles. The molecule has 0 N–H and O–H groups in total. The van der Waals surface area contributed by atoms with Crippen molar-refractivity contribution in [2.75, 3.05) is 0 Å². The monoisotopic (exact) mass is 236 g/mol. The average Bonchev–Trinajstić information content (AvgIpc) is 1.59. The standard InChI is InChI=1S/C3H5Cl3GeO/c4-7(5,6)2-1-3-8/h3H,1-2H2. The van der Waals surface area contributed by atoms with Crippen molar-refractivity contribution in [3.05, 3.63) is 0 Å². The van der Waals surface area contributed by atoms with Crippen molar-refractivity contribution in [2.45, 2.75) is 11.7 Å². The topological polar surface area (TPSA) is 17.1 Å². The van der Waals surface area contributed by atoms with Crippen LogP contribution in [0.15, 0.2) is 0 Å². The number of carbonyl (C=O) groups excluding carboxylic acids is 1. The Morgan fingerprint density at radius 1 is 1.38 bits per heavy atom. The average molecular weight is 236 g/mol. The van der Waals surface area contributed by atoms with Gasteiger partial charge in [-0.2, -0.15) is 0 Å². The molecule has 8 heavy (non-hydrogen) atoms. The first-order chi connectivity index (χ1) is 3.56. The van der Waals surface area contributed by atoms with Crippen LogP contribution in [0.4, 0.5) is 0 Å². The molecule has 1 nitrogen and oxygen atoms in total. The Hall–Kier alpha value is 1.08. The maximum atomic E-state index is 9.71. The first-order valence-electron chi connectivity index (χ1n) is 2.06. The molecule has 0 saturated carbocycles. The fourth-order valence-electron chi connectivity index (χ4n) is 0.223. The third-order valence-corrected chi connectivity index (χ3v) is 5.29. The molecule has 0 bridgehead atoms. The van der Waals surface area contributed by atoms with Crippen LogP contribution in [0.3, 0.4) is 0 Å². The molecule has 0 atom stereocenters. The van der Waals surface area contributed by atoms with Gasteiger partial charge in [0.25, 0.3) is 0 Å². The van der Waals surface area contributed by atoms with Crippen LogP contribution in [-0.2, 0) is 4.79 Å². The van der Waals surface area contributed by atoms with Gasteiger partial charge in [0.1, 0.15) is 0 Å². The van der Waals surface area contributed by atoms with E-state index in [1.807, 2.05) is 0 Å². The zero-order valence-corrected chi connectivity index (χ0v) is 8.40. The number of rotatable bonds is 3. The van der Waals surface area contributed by atoms with Gasteiger partial charge < -0.3 is 0 Å². The van der Waals surface area contributed by atoms with E-state index in [0.717, 1.165) is 6.29 Å².